The summed E-state index contributed by atoms with van der Waals surface area (Å²) in [6.45, 7) is 0.534. The number of hydrogen-bond donors (Lipinski definition) is 2. The number of carbonyl (C=O) groups is 1. The summed E-state index contributed by atoms with van der Waals surface area (Å²) in [5, 5.41) is 22.1. The van der Waals surface area contributed by atoms with Gasteiger partial charge in [-0.3, -0.25) is 4.79 Å². The number of ether oxygens (including phenoxy) is 1. The molecule has 0 radical (unpaired) electrons. The van der Waals surface area contributed by atoms with Crippen LogP contribution >= 0.6 is 11.6 Å². The van der Waals surface area contributed by atoms with Gasteiger partial charge in [0.2, 0.25) is 0 Å². The summed E-state index contributed by atoms with van der Waals surface area (Å²) in [6.07, 6.45) is 4.41. The lowest BCUT2D eigenvalue weighted by atomic mass is 10.0. The Labute approximate surface area is 191 Å². The molecule has 0 spiro atoms. The Morgan fingerprint density at radius 3 is 2.44 bits per heavy atom. The minimum Gasteiger partial charge on any atom is -0.436 e. The molecule has 1 aliphatic carbocycles. The predicted octanol–water partition coefficient (Wildman–Crippen LogP) is 5.08. The quantitative estimate of drug-likeness (QED) is 0.533. The molecule has 1 aliphatic heterocycles. The summed E-state index contributed by atoms with van der Waals surface area (Å²) >= 11 is 5.96. The van der Waals surface area contributed by atoms with Gasteiger partial charge in [0.05, 0.1) is 5.56 Å². The Balaban J connectivity index is 1.37. The number of halogens is 1. The van der Waals surface area contributed by atoms with E-state index < -0.39 is 5.97 Å². The van der Waals surface area contributed by atoms with Crippen molar-refractivity contribution in [3.8, 4) is 16.9 Å². The fourth-order valence-electron chi connectivity index (χ4n) is 4.66. The molecule has 1 amide bonds. The molecule has 5 nitrogen and oxygen atoms in total. The largest absolute Gasteiger partial charge is 0.436 e. The molecular formula is C26H24ClNO4. The number of carbonyl (C=O) groups excluding carboxylic acids is 1. The first-order valence-corrected chi connectivity index (χ1v) is 11.2. The van der Waals surface area contributed by atoms with Crippen LogP contribution in [0.15, 0.2) is 66.7 Å². The third-order valence-electron chi connectivity index (χ3n) is 6.35. The third-order valence-corrected chi connectivity index (χ3v) is 6.60. The van der Waals surface area contributed by atoms with Gasteiger partial charge in [-0.2, -0.15) is 0 Å². The van der Waals surface area contributed by atoms with Gasteiger partial charge in [0.1, 0.15) is 5.75 Å². The van der Waals surface area contributed by atoms with E-state index in [4.69, 9.17) is 16.3 Å². The first-order valence-electron chi connectivity index (χ1n) is 10.8. The third kappa shape index (κ3) is 3.99. The highest BCUT2D eigenvalue weighted by atomic mass is 35.5. The molecule has 1 heterocycles. The Kier molecular flexibility index (Phi) is 5.41. The van der Waals surface area contributed by atoms with E-state index in [2.05, 4.69) is 0 Å². The van der Waals surface area contributed by atoms with Crippen LogP contribution in [0.3, 0.4) is 0 Å². The maximum Gasteiger partial charge on any atom is 0.351 e. The Morgan fingerprint density at radius 2 is 1.69 bits per heavy atom. The van der Waals surface area contributed by atoms with Crippen molar-refractivity contribution in [2.75, 3.05) is 0 Å². The van der Waals surface area contributed by atoms with E-state index in [1.165, 1.54) is 0 Å². The Hall–Kier alpha value is -2.86. The van der Waals surface area contributed by atoms with Crippen LogP contribution in [0.1, 0.15) is 47.2 Å². The van der Waals surface area contributed by atoms with Gasteiger partial charge in [0.15, 0.2) is 0 Å². The van der Waals surface area contributed by atoms with Crippen LogP contribution in [0.5, 0.6) is 5.75 Å². The van der Waals surface area contributed by atoms with Crippen LogP contribution in [0.2, 0.25) is 5.02 Å². The zero-order chi connectivity index (χ0) is 22.3. The lowest BCUT2D eigenvalue weighted by Crippen LogP contribution is -2.33. The predicted molar refractivity (Wildman–Crippen MR) is 122 cm³/mol. The van der Waals surface area contributed by atoms with E-state index in [0.717, 1.165) is 42.4 Å². The SMILES string of the molecule is O=C1c2ccc(OC(O)(O)c3cccc(-c4ccc(Cl)cc4)c3)cc2CN1C1CCCC1. The molecule has 0 aromatic heterocycles. The van der Waals surface area contributed by atoms with Crippen LogP contribution in [0.25, 0.3) is 11.1 Å². The fraction of sp³-hybridized carbons (Fsp3) is 0.269. The van der Waals surface area contributed by atoms with Crippen LogP contribution in [-0.2, 0) is 12.5 Å². The van der Waals surface area contributed by atoms with Crippen molar-refractivity contribution in [1.82, 2.24) is 4.90 Å². The smallest absolute Gasteiger partial charge is 0.351 e. The topological polar surface area (TPSA) is 70.0 Å². The lowest BCUT2D eigenvalue weighted by molar-refractivity contribution is -0.304. The summed E-state index contributed by atoms with van der Waals surface area (Å²) in [4.78, 5) is 14.7. The molecule has 1 saturated carbocycles. The van der Waals surface area contributed by atoms with Gasteiger partial charge in [0.25, 0.3) is 5.91 Å². The standard InChI is InChI=1S/C26H24ClNO4/c27-21-10-8-17(9-11-21)18-4-3-5-20(14-18)26(30,31)32-23-12-13-24-19(15-23)16-28(25(24)29)22-6-1-2-7-22/h3-5,8-15,22,30-31H,1-2,6-7,16H2. The van der Waals surface area contributed by atoms with Crippen LogP contribution in [0.4, 0.5) is 0 Å². The summed E-state index contributed by atoms with van der Waals surface area (Å²) in [5.41, 5.74) is 3.42. The van der Waals surface area contributed by atoms with Crippen molar-refractivity contribution in [3.05, 3.63) is 88.4 Å². The molecule has 3 aromatic rings. The van der Waals surface area contributed by atoms with Gasteiger partial charge >= 0.3 is 5.97 Å². The van der Waals surface area contributed by atoms with Crippen LogP contribution < -0.4 is 4.74 Å². The molecular weight excluding hydrogens is 426 g/mol. The summed E-state index contributed by atoms with van der Waals surface area (Å²) in [7, 11) is 0. The van der Waals surface area contributed by atoms with E-state index in [9.17, 15) is 15.0 Å². The average molecular weight is 450 g/mol. The number of hydrogen-bond acceptors (Lipinski definition) is 4. The van der Waals surface area contributed by atoms with Gasteiger partial charge in [-0.1, -0.05) is 48.7 Å². The molecule has 6 heteroatoms. The maximum atomic E-state index is 12.8. The second-order valence-electron chi connectivity index (χ2n) is 8.49. The van der Waals surface area contributed by atoms with Gasteiger partial charge in [0, 0.05) is 23.2 Å². The summed E-state index contributed by atoms with van der Waals surface area (Å²) in [5.74, 6) is -2.18. The van der Waals surface area contributed by atoms with Gasteiger partial charge in [-0.15, -0.1) is 0 Å². The highest BCUT2D eigenvalue weighted by Gasteiger charge is 2.35. The minimum atomic E-state index is -2.52. The second kappa shape index (κ2) is 8.24. The number of nitrogens with zero attached hydrogens (tertiary/aromatic N) is 1. The molecule has 0 bridgehead atoms. The average Bonchev–Trinajstić information content (AvgIpc) is 3.42. The highest BCUT2D eigenvalue weighted by Crippen LogP contribution is 2.35. The van der Waals surface area contributed by atoms with Gasteiger partial charge in [-0.25, -0.2) is 0 Å². The second-order valence-corrected chi connectivity index (χ2v) is 8.92. The van der Waals surface area contributed by atoms with Crippen molar-refractivity contribution in [2.24, 2.45) is 0 Å². The number of rotatable bonds is 5. The normalized spacial score (nSPS) is 16.5. The fourth-order valence-corrected chi connectivity index (χ4v) is 4.79. The number of amides is 1. The van der Waals surface area contributed by atoms with Crippen molar-refractivity contribution < 1.29 is 19.7 Å². The maximum absolute atomic E-state index is 12.8. The van der Waals surface area contributed by atoms with E-state index in [0.29, 0.717) is 28.9 Å². The van der Waals surface area contributed by atoms with E-state index in [1.807, 2.05) is 23.1 Å². The van der Waals surface area contributed by atoms with Crippen LogP contribution in [0, 0.1) is 0 Å². The first kappa shape index (κ1) is 21.0. The van der Waals surface area contributed by atoms with Gasteiger partial charge < -0.3 is 19.8 Å². The van der Waals surface area contributed by atoms with E-state index in [1.54, 1.807) is 48.5 Å². The molecule has 5 rings (SSSR count). The molecule has 0 unspecified atom stereocenters. The monoisotopic (exact) mass is 449 g/mol. The summed E-state index contributed by atoms with van der Waals surface area (Å²) < 4.78 is 5.58. The van der Waals surface area contributed by atoms with Crippen LogP contribution in [-0.4, -0.2) is 27.1 Å². The van der Waals surface area contributed by atoms with Crippen molar-refractivity contribution in [3.63, 3.8) is 0 Å². The number of benzene rings is 3. The van der Waals surface area contributed by atoms with Crippen molar-refractivity contribution in [2.45, 2.75) is 44.2 Å². The molecule has 2 N–H and O–H groups in total. The molecule has 1 fully saturated rings. The number of fused-ring (bicyclic) bond motifs is 1. The molecule has 0 atom stereocenters. The van der Waals surface area contributed by atoms with E-state index >= 15 is 0 Å². The molecule has 2 aliphatic rings. The molecule has 32 heavy (non-hydrogen) atoms. The highest BCUT2D eigenvalue weighted by molar-refractivity contribution is 6.30. The van der Waals surface area contributed by atoms with E-state index in [-0.39, 0.29) is 11.5 Å². The minimum absolute atomic E-state index is 0.0494. The number of aliphatic hydroxyl groups is 2. The zero-order valence-corrected chi connectivity index (χ0v) is 18.3. The first-order chi connectivity index (χ1) is 15.4. The molecule has 164 valence electrons. The van der Waals surface area contributed by atoms with Crippen molar-refractivity contribution in [1.29, 1.82) is 0 Å². The summed E-state index contributed by atoms with van der Waals surface area (Å²) in [6, 6.07) is 19.5. The van der Waals surface area contributed by atoms with Crippen molar-refractivity contribution >= 4 is 17.5 Å². The zero-order valence-electron chi connectivity index (χ0n) is 17.5. The Morgan fingerprint density at radius 1 is 0.938 bits per heavy atom. The van der Waals surface area contributed by atoms with Gasteiger partial charge in [-0.05, 0) is 72.0 Å². The lowest BCUT2D eigenvalue weighted by Gasteiger charge is -2.24. The molecule has 3 aromatic carbocycles. The molecule has 0 saturated heterocycles. The Bertz CT molecular complexity index is 1150.